The molecule has 2 aromatic carbocycles. The highest BCUT2D eigenvalue weighted by Crippen LogP contribution is 2.28. The van der Waals surface area contributed by atoms with Crippen molar-refractivity contribution in [3.05, 3.63) is 53.6 Å². The van der Waals surface area contributed by atoms with Crippen LogP contribution in [-0.4, -0.2) is 46.0 Å². The van der Waals surface area contributed by atoms with Crippen LogP contribution < -0.4 is 14.9 Å². The fourth-order valence-electron chi connectivity index (χ4n) is 4.08. The molecule has 2 amide bonds. The van der Waals surface area contributed by atoms with Gasteiger partial charge in [0.05, 0.1) is 16.9 Å². The minimum absolute atomic E-state index is 0.0860. The lowest BCUT2D eigenvalue weighted by atomic mass is 10.1. The van der Waals surface area contributed by atoms with E-state index in [1.807, 2.05) is 32.0 Å². The third kappa shape index (κ3) is 5.43. The van der Waals surface area contributed by atoms with Crippen molar-refractivity contribution in [3.63, 3.8) is 0 Å². The van der Waals surface area contributed by atoms with E-state index in [1.54, 1.807) is 17.0 Å². The number of hydrogen-bond acceptors (Lipinski definition) is 5. The Morgan fingerprint density at radius 3 is 2.55 bits per heavy atom. The van der Waals surface area contributed by atoms with Crippen LogP contribution in [0.3, 0.4) is 0 Å². The van der Waals surface area contributed by atoms with Gasteiger partial charge in [-0.25, -0.2) is 13.1 Å². The Balaban J connectivity index is 1.35. The van der Waals surface area contributed by atoms with Crippen LogP contribution in [0.2, 0.25) is 0 Å². The number of hydrogen-bond donors (Lipinski definition) is 2. The Kier molecular flexibility index (Phi) is 6.83. The molecule has 0 aliphatic carbocycles. The average molecular weight is 472 g/mol. The zero-order chi connectivity index (χ0) is 23.6. The van der Waals surface area contributed by atoms with Gasteiger partial charge in [0.2, 0.25) is 21.8 Å². The molecule has 0 spiro atoms. The average Bonchev–Trinajstić information content (AvgIpc) is 3.44. The zero-order valence-corrected chi connectivity index (χ0v) is 19.7. The van der Waals surface area contributed by atoms with Crippen molar-refractivity contribution in [2.24, 2.45) is 5.92 Å². The smallest absolute Gasteiger partial charge is 0.240 e. The van der Waals surface area contributed by atoms with E-state index in [2.05, 4.69) is 10.0 Å². The van der Waals surface area contributed by atoms with Crippen LogP contribution in [0.1, 0.15) is 30.4 Å². The minimum atomic E-state index is -3.65. The number of aryl methyl sites for hydroxylation is 2. The highest BCUT2D eigenvalue weighted by Gasteiger charge is 2.35. The topological polar surface area (TPSA) is 105 Å². The molecule has 0 radical (unpaired) electrons. The fraction of sp³-hybridized carbons (Fsp3) is 0.417. The van der Waals surface area contributed by atoms with Crippen LogP contribution in [0.15, 0.2) is 47.4 Å². The molecule has 0 aromatic heterocycles. The molecule has 2 heterocycles. The van der Waals surface area contributed by atoms with Crippen molar-refractivity contribution in [3.8, 4) is 0 Å². The van der Waals surface area contributed by atoms with Crippen LogP contribution in [-0.2, 0) is 24.3 Å². The van der Waals surface area contributed by atoms with Gasteiger partial charge in [0.15, 0.2) is 0 Å². The van der Waals surface area contributed by atoms with Gasteiger partial charge >= 0.3 is 0 Å². The summed E-state index contributed by atoms with van der Waals surface area (Å²) >= 11 is 0. The van der Waals surface area contributed by atoms with Crippen LogP contribution in [0.4, 0.5) is 11.4 Å². The predicted molar refractivity (Wildman–Crippen MR) is 126 cm³/mol. The second-order valence-corrected chi connectivity index (χ2v) is 10.4. The van der Waals surface area contributed by atoms with Gasteiger partial charge in [-0.15, -0.1) is 0 Å². The third-order valence-corrected chi connectivity index (χ3v) is 7.69. The highest BCUT2D eigenvalue weighted by atomic mass is 32.2. The third-order valence-electron chi connectivity index (χ3n) is 6.26. The van der Waals surface area contributed by atoms with Gasteiger partial charge in [0.25, 0.3) is 0 Å². The molecule has 2 saturated heterocycles. The number of amides is 2. The van der Waals surface area contributed by atoms with Crippen LogP contribution in [0, 0.1) is 19.8 Å². The summed E-state index contributed by atoms with van der Waals surface area (Å²) in [7, 11) is -3.65. The van der Waals surface area contributed by atoms with Gasteiger partial charge < -0.3 is 15.0 Å². The van der Waals surface area contributed by atoms with Crippen molar-refractivity contribution < 1.29 is 22.7 Å². The number of nitrogens with zero attached hydrogens (tertiary/aromatic N) is 1. The predicted octanol–water partition coefficient (Wildman–Crippen LogP) is 2.75. The molecule has 8 nitrogen and oxygen atoms in total. The lowest BCUT2D eigenvalue weighted by molar-refractivity contribution is -0.122. The van der Waals surface area contributed by atoms with E-state index in [4.69, 9.17) is 4.74 Å². The first kappa shape index (κ1) is 23.4. The van der Waals surface area contributed by atoms with Crippen LogP contribution in [0.25, 0.3) is 0 Å². The number of nitrogens with one attached hydrogen (secondary N) is 2. The van der Waals surface area contributed by atoms with E-state index in [0.717, 1.165) is 29.7 Å². The SMILES string of the molecule is Cc1ccc(N2C[C@H](C(=O)Nc3ccc(S(=O)(=O)NC[C@@H]4CCCO4)cc3)CC2=O)cc1C. The Morgan fingerprint density at radius 1 is 1.12 bits per heavy atom. The number of rotatable bonds is 7. The Morgan fingerprint density at radius 2 is 1.88 bits per heavy atom. The first-order chi connectivity index (χ1) is 15.7. The minimum Gasteiger partial charge on any atom is -0.377 e. The molecule has 0 bridgehead atoms. The lowest BCUT2D eigenvalue weighted by Crippen LogP contribution is -2.31. The number of anilines is 2. The standard InChI is InChI=1S/C24H29N3O5S/c1-16-5-8-20(12-17(16)2)27-15-18(13-23(27)28)24(29)26-19-6-9-22(10-7-19)33(30,31)25-14-21-4-3-11-32-21/h5-10,12,18,21,25H,3-4,11,13-15H2,1-2H3,(H,26,29)/t18-,21+/m1/s1. The summed E-state index contributed by atoms with van der Waals surface area (Å²) in [5.74, 6) is -0.824. The molecule has 2 aliphatic heterocycles. The molecule has 2 fully saturated rings. The number of carbonyl (C=O) groups excluding carboxylic acids is 2. The molecular formula is C24H29N3O5S. The van der Waals surface area contributed by atoms with Crippen molar-refractivity contribution in [1.82, 2.24) is 4.72 Å². The maximum absolute atomic E-state index is 12.8. The summed E-state index contributed by atoms with van der Waals surface area (Å²) < 4.78 is 33.0. The summed E-state index contributed by atoms with van der Waals surface area (Å²) in [5, 5.41) is 2.80. The summed E-state index contributed by atoms with van der Waals surface area (Å²) in [6.07, 6.45) is 1.84. The van der Waals surface area contributed by atoms with E-state index < -0.39 is 15.9 Å². The molecule has 0 saturated carbocycles. The molecule has 2 aliphatic rings. The molecule has 176 valence electrons. The normalized spacial score (nSPS) is 20.9. The largest absolute Gasteiger partial charge is 0.377 e. The maximum atomic E-state index is 12.8. The first-order valence-corrected chi connectivity index (χ1v) is 12.6. The molecule has 33 heavy (non-hydrogen) atoms. The molecule has 2 atom stereocenters. The Bertz CT molecular complexity index is 1140. The Hall–Kier alpha value is -2.75. The van der Waals surface area contributed by atoms with E-state index in [0.29, 0.717) is 18.8 Å². The Labute approximate surface area is 194 Å². The van der Waals surface area contributed by atoms with E-state index >= 15 is 0 Å². The second-order valence-electron chi connectivity index (χ2n) is 8.67. The number of ether oxygens (including phenoxy) is 1. The van der Waals surface area contributed by atoms with Gasteiger partial charge in [0.1, 0.15) is 0 Å². The van der Waals surface area contributed by atoms with Gasteiger partial charge in [0, 0.05) is 37.5 Å². The van der Waals surface area contributed by atoms with Crippen molar-refractivity contribution in [1.29, 1.82) is 0 Å². The van der Waals surface area contributed by atoms with Crippen LogP contribution in [0.5, 0.6) is 0 Å². The maximum Gasteiger partial charge on any atom is 0.240 e. The lowest BCUT2D eigenvalue weighted by Gasteiger charge is -2.18. The van der Waals surface area contributed by atoms with Gasteiger partial charge in [-0.1, -0.05) is 6.07 Å². The van der Waals surface area contributed by atoms with Crippen LogP contribution >= 0.6 is 0 Å². The van der Waals surface area contributed by atoms with E-state index in [-0.39, 0.29) is 35.8 Å². The van der Waals surface area contributed by atoms with Gasteiger partial charge in [-0.3, -0.25) is 9.59 Å². The molecule has 2 aromatic rings. The molecule has 2 N–H and O–H groups in total. The number of benzene rings is 2. The zero-order valence-electron chi connectivity index (χ0n) is 18.8. The van der Waals surface area contributed by atoms with E-state index in [1.165, 1.54) is 12.1 Å². The van der Waals surface area contributed by atoms with Crippen molar-refractivity contribution in [2.45, 2.75) is 44.1 Å². The molecule has 9 heteroatoms. The molecule has 0 unspecified atom stereocenters. The fourth-order valence-corrected chi connectivity index (χ4v) is 5.15. The number of sulfonamides is 1. The molecule has 4 rings (SSSR count). The molecular weight excluding hydrogens is 442 g/mol. The second kappa shape index (κ2) is 9.62. The van der Waals surface area contributed by atoms with Gasteiger partial charge in [-0.2, -0.15) is 0 Å². The summed E-state index contributed by atoms with van der Waals surface area (Å²) in [6, 6.07) is 11.8. The van der Waals surface area contributed by atoms with E-state index in [9.17, 15) is 18.0 Å². The summed E-state index contributed by atoms with van der Waals surface area (Å²) in [5.41, 5.74) is 3.51. The highest BCUT2D eigenvalue weighted by molar-refractivity contribution is 7.89. The summed E-state index contributed by atoms with van der Waals surface area (Å²) in [4.78, 5) is 27.0. The first-order valence-electron chi connectivity index (χ1n) is 11.1. The van der Waals surface area contributed by atoms with Crippen molar-refractivity contribution >= 4 is 33.2 Å². The quantitative estimate of drug-likeness (QED) is 0.646. The summed E-state index contributed by atoms with van der Waals surface area (Å²) in [6.45, 7) is 5.22. The van der Waals surface area contributed by atoms with Gasteiger partial charge in [-0.05, 0) is 74.2 Å². The number of carbonyl (C=O) groups is 2. The van der Waals surface area contributed by atoms with Crippen molar-refractivity contribution in [2.75, 3.05) is 29.9 Å². The monoisotopic (exact) mass is 471 g/mol.